The summed E-state index contributed by atoms with van der Waals surface area (Å²) in [6.07, 6.45) is 2.40. The van der Waals surface area contributed by atoms with Crippen molar-refractivity contribution in [3.05, 3.63) is 48.2 Å². The van der Waals surface area contributed by atoms with Gasteiger partial charge in [0.05, 0.1) is 13.7 Å². The lowest BCUT2D eigenvalue weighted by atomic mass is 10.0. The molecule has 0 bridgehead atoms. The minimum Gasteiger partial charge on any atom is -0.496 e. The molecule has 1 amide bonds. The van der Waals surface area contributed by atoms with E-state index in [1.165, 1.54) is 0 Å². The number of nitrogens with zero attached hydrogens (tertiary/aromatic N) is 3. The molecule has 0 unspecified atom stereocenters. The third-order valence-electron chi connectivity index (χ3n) is 4.88. The summed E-state index contributed by atoms with van der Waals surface area (Å²) >= 11 is 0. The Bertz CT molecular complexity index is 877. The molecule has 0 atom stereocenters. The van der Waals surface area contributed by atoms with Crippen LogP contribution in [0.2, 0.25) is 0 Å². The van der Waals surface area contributed by atoms with E-state index in [2.05, 4.69) is 22.7 Å². The van der Waals surface area contributed by atoms with Crippen molar-refractivity contribution >= 4 is 6.09 Å². The highest BCUT2D eigenvalue weighted by atomic mass is 16.6. The molecule has 0 aliphatic carbocycles. The molecule has 1 aliphatic heterocycles. The van der Waals surface area contributed by atoms with Gasteiger partial charge in [0, 0.05) is 37.8 Å². The molecule has 0 saturated carbocycles. The van der Waals surface area contributed by atoms with Crippen LogP contribution in [0.3, 0.4) is 0 Å². The number of piperazine rings is 1. The minimum absolute atomic E-state index is 0.254. The van der Waals surface area contributed by atoms with Gasteiger partial charge in [-0.1, -0.05) is 17.3 Å². The largest absolute Gasteiger partial charge is 0.496 e. The molecule has 1 aliphatic rings. The fourth-order valence-electron chi connectivity index (χ4n) is 3.40. The molecule has 1 fully saturated rings. The maximum Gasteiger partial charge on any atom is 0.410 e. The van der Waals surface area contributed by atoms with Gasteiger partial charge in [-0.3, -0.25) is 4.90 Å². The second kappa shape index (κ2) is 9.34. The van der Waals surface area contributed by atoms with Gasteiger partial charge >= 0.3 is 6.09 Å². The average Bonchev–Trinajstić information content (AvgIpc) is 3.16. The second-order valence-corrected chi connectivity index (χ2v) is 8.45. The van der Waals surface area contributed by atoms with Crippen LogP contribution in [-0.4, -0.2) is 59.9 Å². The number of hydrogen-bond donors (Lipinski definition) is 0. The zero-order chi connectivity index (χ0) is 21.7. The van der Waals surface area contributed by atoms with Crippen molar-refractivity contribution < 1.29 is 18.8 Å². The normalized spacial score (nSPS) is 15.1. The summed E-state index contributed by atoms with van der Waals surface area (Å²) in [4.78, 5) is 16.2. The fourth-order valence-corrected chi connectivity index (χ4v) is 3.40. The SMILES string of the molecule is C=CCc1ccc(OC)c(-c2cc(CN3CCN(C(=O)OC(C)(C)C)CC3)on2)c1. The number of hydrogen-bond acceptors (Lipinski definition) is 6. The Morgan fingerprint density at radius 3 is 2.60 bits per heavy atom. The Labute approximate surface area is 178 Å². The van der Waals surface area contributed by atoms with Crippen LogP contribution in [0.25, 0.3) is 11.3 Å². The van der Waals surface area contributed by atoms with Crippen molar-refractivity contribution in [2.45, 2.75) is 39.3 Å². The van der Waals surface area contributed by atoms with E-state index < -0.39 is 5.60 Å². The van der Waals surface area contributed by atoms with Crippen molar-refractivity contribution in [3.63, 3.8) is 0 Å². The number of aromatic nitrogens is 1. The molecule has 162 valence electrons. The van der Waals surface area contributed by atoms with E-state index in [4.69, 9.17) is 14.0 Å². The number of allylic oxidation sites excluding steroid dienone is 1. The smallest absolute Gasteiger partial charge is 0.410 e. The zero-order valence-corrected chi connectivity index (χ0v) is 18.3. The van der Waals surface area contributed by atoms with Crippen LogP contribution in [0.1, 0.15) is 32.1 Å². The summed E-state index contributed by atoms with van der Waals surface area (Å²) in [5, 5.41) is 4.25. The van der Waals surface area contributed by atoms with E-state index in [9.17, 15) is 4.79 Å². The van der Waals surface area contributed by atoms with Gasteiger partial charge in [-0.2, -0.15) is 0 Å². The van der Waals surface area contributed by atoms with Gasteiger partial charge in [-0.15, -0.1) is 6.58 Å². The molecule has 2 aromatic rings. The number of carbonyl (C=O) groups is 1. The van der Waals surface area contributed by atoms with Crippen LogP contribution >= 0.6 is 0 Å². The van der Waals surface area contributed by atoms with Crippen molar-refractivity contribution in [3.8, 4) is 17.0 Å². The zero-order valence-electron chi connectivity index (χ0n) is 18.3. The van der Waals surface area contributed by atoms with Crippen molar-refractivity contribution in [1.29, 1.82) is 0 Å². The topological polar surface area (TPSA) is 68.0 Å². The van der Waals surface area contributed by atoms with Crippen LogP contribution in [0.15, 0.2) is 41.4 Å². The lowest BCUT2D eigenvalue weighted by Crippen LogP contribution is -2.49. The van der Waals surface area contributed by atoms with E-state index in [-0.39, 0.29) is 6.09 Å². The Kier molecular flexibility index (Phi) is 6.82. The van der Waals surface area contributed by atoms with Gasteiger partial charge in [-0.25, -0.2) is 4.79 Å². The summed E-state index contributed by atoms with van der Waals surface area (Å²) in [5.41, 5.74) is 2.32. The molecule has 1 saturated heterocycles. The van der Waals surface area contributed by atoms with Gasteiger partial charge in [0.1, 0.15) is 17.0 Å². The molecule has 7 nitrogen and oxygen atoms in total. The summed E-state index contributed by atoms with van der Waals surface area (Å²) in [5.74, 6) is 1.54. The third kappa shape index (κ3) is 5.63. The van der Waals surface area contributed by atoms with Gasteiger partial charge in [-0.05, 0) is 44.9 Å². The van der Waals surface area contributed by atoms with E-state index in [0.717, 1.165) is 47.8 Å². The van der Waals surface area contributed by atoms with E-state index in [0.29, 0.717) is 19.6 Å². The Morgan fingerprint density at radius 2 is 1.97 bits per heavy atom. The highest BCUT2D eigenvalue weighted by Gasteiger charge is 2.26. The first-order valence-electron chi connectivity index (χ1n) is 10.2. The first-order chi connectivity index (χ1) is 14.3. The van der Waals surface area contributed by atoms with E-state index in [1.54, 1.807) is 12.0 Å². The van der Waals surface area contributed by atoms with Gasteiger partial charge < -0.3 is 18.9 Å². The van der Waals surface area contributed by atoms with Crippen LogP contribution in [0.4, 0.5) is 4.79 Å². The highest BCUT2D eigenvalue weighted by molar-refractivity contribution is 5.68. The van der Waals surface area contributed by atoms with Crippen LogP contribution < -0.4 is 4.74 Å². The predicted molar refractivity (Wildman–Crippen MR) is 115 cm³/mol. The monoisotopic (exact) mass is 413 g/mol. The van der Waals surface area contributed by atoms with Crippen LogP contribution in [-0.2, 0) is 17.7 Å². The summed E-state index contributed by atoms with van der Waals surface area (Å²) < 4.78 is 16.5. The van der Waals surface area contributed by atoms with Crippen LogP contribution in [0.5, 0.6) is 5.75 Å². The van der Waals surface area contributed by atoms with Crippen molar-refractivity contribution in [2.24, 2.45) is 0 Å². The summed E-state index contributed by atoms with van der Waals surface area (Å²) in [7, 11) is 1.65. The molecule has 0 radical (unpaired) electrons. The summed E-state index contributed by atoms with van der Waals surface area (Å²) in [6, 6.07) is 7.98. The average molecular weight is 414 g/mol. The standard InChI is InChI=1S/C23H31N3O4/c1-6-7-17-8-9-21(28-5)19(14-17)20-15-18(30-24-20)16-25-10-12-26(13-11-25)22(27)29-23(2,3)4/h6,8-9,14-15H,1,7,10-13,16H2,2-5H3. The fraction of sp³-hybridized carbons (Fsp3) is 0.478. The van der Waals surface area contributed by atoms with E-state index >= 15 is 0 Å². The van der Waals surface area contributed by atoms with Gasteiger partial charge in [0.25, 0.3) is 0 Å². The van der Waals surface area contributed by atoms with E-state index in [1.807, 2.05) is 45.0 Å². The predicted octanol–water partition coefficient (Wildman–Crippen LogP) is 4.13. The number of amides is 1. The third-order valence-corrected chi connectivity index (χ3v) is 4.88. The molecule has 0 N–H and O–H groups in total. The lowest BCUT2D eigenvalue weighted by Gasteiger charge is -2.35. The van der Waals surface area contributed by atoms with Crippen molar-refractivity contribution in [1.82, 2.24) is 15.0 Å². The van der Waals surface area contributed by atoms with Crippen molar-refractivity contribution in [2.75, 3.05) is 33.3 Å². The maximum absolute atomic E-state index is 12.2. The second-order valence-electron chi connectivity index (χ2n) is 8.45. The molecule has 30 heavy (non-hydrogen) atoms. The molecule has 0 spiro atoms. The molecule has 2 heterocycles. The number of benzene rings is 1. The number of methoxy groups -OCH3 is 1. The summed E-state index contributed by atoms with van der Waals surface area (Å²) in [6.45, 7) is 12.9. The molecular weight excluding hydrogens is 382 g/mol. The molecule has 1 aromatic heterocycles. The van der Waals surface area contributed by atoms with Crippen LogP contribution in [0, 0.1) is 0 Å². The molecule has 7 heteroatoms. The van der Waals surface area contributed by atoms with Gasteiger partial charge in [0.2, 0.25) is 0 Å². The molecule has 3 rings (SSSR count). The Hall–Kier alpha value is -2.80. The minimum atomic E-state index is -0.478. The van der Waals surface area contributed by atoms with Gasteiger partial charge in [0.15, 0.2) is 5.76 Å². The molecule has 1 aromatic carbocycles. The first-order valence-corrected chi connectivity index (χ1v) is 10.2. The maximum atomic E-state index is 12.2. The first kappa shape index (κ1) is 21.9. The number of ether oxygens (including phenoxy) is 2. The number of carbonyl (C=O) groups excluding carboxylic acids is 1. The Balaban J connectivity index is 1.61. The quantitative estimate of drug-likeness (QED) is 0.664. The lowest BCUT2D eigenvalue weighted by molar-refractivity contribution is 0.0133. The molecular formula is C23H31N3O4. The highest BCUT2D eigenvalue weighted by Crippen LogP contribution is 2.31. The number of rotatable bonds is 6. The Morgan fingerprint density at radius 1 is 1.23 bits per heavy atom.